The number of nitroso groups, excluding NO2 is 1. The van der Waals surface area contributed by atoms with Crippen molar-refractivity contribution < 1.29 is 7.08 Å². The minimum absolute atomic E-state index is 0.0559. The Hall–Kier alpha value is -2.87. The Morgan fingerprint density at radius 3 is 1.52 bits per heavy atom. The first-order valence-corrected chi connectivity index (χ1v) is 16.6. The van der Waals surface area contributed by atoms with Crippen LogP contribution in [0.3, 0.4) is 0 Å². The zero-order valence-electron chi connectivity index (χ0n) is 15.5. The van der Waals surface area contributed by atoms with Gasteiger partial charge < -0.3 is 0 Å². The van der Waals surface area contributed by atoms with Gasteiger partial charge in [-0.25, -0.2) is 0 Å². The van der Waals surface area contributed by atoms with E-state index in [2.05, 4.69) is 5.18 Å². The Balaban J connectivity index is 2.02. The van der Waals surface area contributed by atoms with Crippen LogP contribution in [0.4, 0.5) is 10.1 Å². The quantitative estimate of drug-likeness (QED) is 0.253. The third kappa shape index (κ3) is 3.85. The van der Waals surface area contributed by atoms with Crippen LogP contribution in [0.1, 0.15) is 0 Å². The average molecular weight is 579 g/mol. The molecule has 0 aliphatic heterocycles. The van der Waals surface area contributed by atoms with Crippen molar-refractivity contribution in [1.29, 1.82) is 0 Å². The molecule has 0 radical (unpaired) electrons. The predicted octanol–water partition coefficient (Wildman–Crippen LogP) is 4.27. The molecule has 0 amide bonds. The molecule has 4 rings (SSSR count). The van der Waals surface area contributed by atoms with Gasteiger partial charge in [-0.2, -0.15) is 0 Å². The Kier molecular flexibility index (Phi) is 5.80. The second-order valence-electron chi connectivity index (χ2n) is 6.59. The van der Waals surface area contributed by atoms with Crippen molar-refractivity contribution in [2.45, 2.75) is 0 Å². The molecule has 0 saturated carbocycles. The topological polar surface area (TPSA) is 38.7 Å². The standard InChI is InChI=1S/C6H4FNO2.3C6H5.Pb/c7-5-2-1-4(8-10)3-6(5)9;3*1-2-4-6-5-3-1;/h1-3,9H;3*1-5H;/q;;;;+1/p-1. The molecule has 29 heavy (non-hydrogen) atoms. The van der Waals surface area contributed by atoms with Crippen LogP contribution < -0.4 is 12.1 Å². The Morgan fingerprint density at radius 2 is 1.10 bits per heavy atom. The number of nitrogens with zero attached hydrogens (tertiary/aromatic N) is 1. The third-order valence-corrected chi connectivity index (χ3v) is 20.2. The summed E-state index contributed by atoms with van der Waals surface area (Å²) in [4.78, 5) is 11.0. The monoisotopic (exact) mass is 579 g/mol. The van der Waals surface area contributed by atoms with Crippen LogP contribution in [0, 0.1) is 10.7 Å². The van der Waals surface area contributed by atoms with Gasteiger partial charge in [0, 0.05) is 0 Å². The molecular weight excluding hydrogens is 560 g/mol. The molecule has 0 unspecified atom stereocenters. The van der Waals surface area contributed by atoms with Gasteiger partial charge in [0.1, 0.15) is 0 Å². The second kappa shape index (κ2) is 8.65. The van der Waals surface area contributed by atoms with Crippen LogP contribution in [0.5, 0.6) is 5.75 Å². The van der Waals surface area contributed by atoms with Gasteiger partial charge in [0.2, 0.25) is 0 Å². The summed E-state index contributed by atoms with van der Waals surface area (Å²) in [5.74, 6) is -0.454. The summed E-state index contributed by atoms with van der Waals surface area (Å²) in [6.07, 6.45) is 0. The number of halogens is 1. The minimum atomic E-state index is -4.31. The van der Waals surface area contributed by atoms with E-state index in [9.17, 15) is 9.30 Å². The van der Waals surface area contributed by atoms with Gasteiger partial charge in [-0.05, 0) is 0 Å². The molecule has 3 nitrogen and oxygen atoms in total. The molecule has 4 aromatic carbocycles. The van der Waals surface area contributed by atoms with E-state index in [-0.39, 0.29) is 11.4 Å². The Morgan fingerprint density at radius 1 is 0.655 bits per heavy atom. The van der Waals surface area contributed by atoms with Gasteiger partial charge in [-0.3, -0.25) is 0 Å². The summed E-state index contributed by atoms with van der Waals surface area (Å²) in [7, 11) is 0. The number of hydrogen-bond acceptors (Lipinski definition) is 3. The average Bonchev–Trinajstić information content (AvgIpc) is 2.80. The van der Waals surface area contributed by atoms with E-state index in [1.54, 1.807) is 0 Å². The van der Waals surface area contributed by atoms with E-state index in [0.29, 0.717) is 0 Å². The fourth-order valence-electron chi connectivity index (χ4n) is 3.49. The number of benzene rings is 4. The first-order valence-electron chi connectivity index (χ1n) is 9.22. The van der Waals surface area contributed by atoms with Crippen LogP contribution in [-0.2, 0) is 0 Å². The van der Waals surface area contributed by atoms with Gasteiger partial charge in [0.15, 0.2) is 0 Å². The zero-order chi connectivity index (χ0) is 20.1. The molecule has 5 heteroatoms. The van der Waals surface area contributed by atoms with Gasteiger partial charge in [0.05, 0.1) is 0 Å². The molecule has 0 saturated heterocycles. The van der Waals surface area contributed by atoms with Crippen molar-refractivity contribution in [2.75, 3.05) is 0 Å². The molecule has 0 aliphatic rings. The van der Waals surface area contributed by atoms with E-state index in [4.69, 9.17) is 2.69 Å². The summed E-state index contributed by atoms with van der Waals surface area (Å²) >= 11 is -4.31. The number of rotatable bonds is 6. The SMILES string of the molecule is O=Nc1ccc(F)c([O][Pb]([c]2ccccc2)([c]2ccccc2)[c]2ccccc2)c1. The molecule has 0 atom stereocenters. The molecular formula is C24H18FNO2Pb. The van der Waals surface area contributed by atoms with Gasteiger partial charge in [-0.1, -0.05) is 0 Å². The summed E-state index contributed by atoms with van der Waals surface area (Å²) in [6, 6.07) is 33.9. The van der Waals surface area contributed by atoms with E-state index in [1.807, 2.05) is 91.0 Å². The maximum absolute atomic E-state index is 14.8. The third-order valence-electron chi connectivity index (χ3n) is 4.82. The van der Waals surface area contributed by atoms with Crippen molar-refractivity contribution in [1.82, 2.24) is 0 Å². The molecule has 142 valence electrons. The summed E-state index contributed by atoms with van der Waals surface area (Å²) in [5.41, 5.74) is 0.137. The molecule has 0 aliphatic carbocycles. The van der Waals surface area contributed by atoms with Crippen molar-refractivity contribution in [3.8, 4) is 5.75 Å². The number of hydrogen-bond donors (Lipinski definition) is 0. The summed E-state index contributed by atoms with van der Waals surface area (Å²) < 4.78 is 24.6. The van der Waals surface area contributed by atoms with Gasteiger partial charge in [0.25, 0.3) is 0 Å². The Labute approximate surface area is 174 Å². The van der Waals surface area contributed by atoms with Crippen LogP contribution in [0.2, 0.25) is 0 Å². The first-order chi connectivity index (χ1) is 14.2. The van der Waals surface area contributed by atoms with Crippen LogP contribution in [0.15, 0.2) is 114 Å². The first kappa shape index (κ1) is 19.4. The van der Waals surface area contributed by atoms with E-state index < -0.39 is 27.4 Å². The molecule has 0 spiro atoms. The van der Waals surface area contributed by atoms with Gasteiger partial charge in [-0.15, -0.1) is 0 Å². The molecule has 0 bridgehead atoms. The normalized spacial score (nSPS) is 11.1. The van der Waals surface area contributed by atoms with Crippen molar-refractivity contribution in [2.24, 2.45) is 5.18 Å². The van der Waals surface area contributed by atoms with Crippen LogP contribution in [-0.4, -0.2) is 21.6 Å². The van der Waals surface area contributed by atoms with E-state index >= 15 is 0 Å². The molecule has 4 aromatic rings. The fraction of sp³-hybridized carbons (Fsp3) is 0. The molecule has 0 heterocycles. The van der Waals surface area contributed by atoms with E-state index in [1.165, 1.54) is 18.2 Å². The van der Waals surface area contributed by atoms with Crippen LogP contribution in [0.25, 0.3) is 0 Å². The van der Waals surface area contributed by atoms with Gasteiger partial charge >= 0.3 is 175 Å². The zero-order valence-corrected chi connectivity index (χ0v) is 19.4. The summed E-state index contributed by atoms with van der Waals surface area (Å²) in [6.45, 7) is 0. The van der Waals surface area contributed by atoms with E-state index in [0.717, 1.165) is 9.37 Å². The fourth-order valence-corrected chi connectivity index (χ4v) is 18.4. The molecule has 0 aromatic heterocycles. The molecule has 0 fully saturated rings. The Bertz CT molecular complexity index is 1010. The van der Waals surface area contributed by atoms with Crippen molar-refractivity contribution in [3.05, 3.63) is 120 Å². The predicted molar refractivity (Wildman–Crippen MR) is 116 cm³/mol. The van der Waals surface area contributed by atoms with Crippen molar-refractivity contribution in [3.63, 3.8) is 0 Å². The molecule has 0 N–H and O–H groups in total. The van der Waals surface area contributed by atoms with Crippen molar-refractivity contribution >= 4 is 36.7 Å². The van der Waals surface area contributed by atoms with Crippen LogP contribution >= 0.6 is 0 Å². The summed E-state index contributed by atoms with van der Waals surface area (Å²) in [5, 5.41) is 2.95. The second-order valence-corrected chi connectivity index (χ2v) is 19.4. The maximum atomic E-state index is 14.8.